The first-order chi connectivity index (χ1) is 22.7. The summed E-state index contributed by atoms with van der Waals surface area (Å²) in [5.74, 6) is 0. The van der Waals surface area contributed by atoms with E-state index in [1.165, 1.54) is 22.3 Å². The number of halogens is 1. The molecule has 0 radical (unpaired) electrons. The van der Waals surface area contributed by atoms with Crippen molar-refractivity contribution < 1.29 is 0 Å². The summed E-state index contributed by atoms with van der Waals surface area (Å²) in [6.45, 7) is 27.1. The summed E-state index contributed by atoms with van der Waals surface area (Å²) in [6.07, 6.45) is 0. The van der Waals surface area contributed by atoms with Gasteiger partial charge < -0.3 is 9.80 Å². The third kappa shape index (κ3) is 8.42. The summed E-state index contributed by atoms with van der Waals surface area (Å²) in [5.41, 5.74) is 11.8. The molecule has 0 heterocycles. The fourth-order valence-electron chi connectivity index (χ4n) is 6.15. The highest BCUT2D eigenvalue weighted by Gasteiger charge is 2.23. The van der Waals surface area contributed by atoms with Crippen LogP contribution in [0.2, 0.25) is 5.02 Å². The second-order valence-corrected chi connectivity index (χ2v) is 18.0. The SMILES string of the molecule is CC(C)(C)c1ccc(N(c2ccc(C(C)(C)C)cc2)c2cc(Cl)cc(N(c3ccc(C(C)(C)C)cc3)c3ccc(C(C)(C)C)cc3)c2)cc1. The zero-order chi connectivity index (χ0) is 35.9. The van der Waals surface area contributed by atoms with Gasteiger partial charge in [-0.15, -0.1) is 0 Å². The molecule has 3 heteroatoms. The maximum Gasteiger partial charge on any atom is 0.0497 e. The van der Waals surface area contributed by atoms with Crippen molar-refractivity contribution in [2.24, 2.45) is 0 Å². The van der Waals surface area contributed by atoms with Gasteiger partial charge in [-0.1, -0.05) is 143 Å². The molecule has 0 unspecified atom stereocenters. The second kappa shape index (κ2) is 13.4. The average molecular weight is 671 g/mol. The lowest BCUT2D eigenvalue weighted by atomic mass is 9.86. The van der Waals surface area contributed by atoms with Crippen LogP contribution in [0.15, 0.2) is 115 Å². The molecule has 0 bridgehead atoms. The quantitative estimate of drug-likeness (QED) is 0.177. The molecule has 0 aliphatic carbocycles. The Hall–Kier alpha value is -4.01. The Morgan fingerprint density at radius 1 is 0.306 bits per heavy atom. The molecule has 5 aromatic rings. The number of rotatable bonds is 6. The summed E-state index contributed by atoms with van der Waals surface area (Å²) in [5, 5.41) is 0.678. The van der Waals surface area contributed by atoms with Crippen molar-refractivity contribution in [3.05, 3.63) is 143 Å². The fourth-order valence-corrected chi connectivity index (χ4v) is 6.38. The third-order valence-electron chi connectivity index (χ3n) is 9.35. The van der Waals surface area contributed by atoms with Crippen molar-refractivity contribution in [3.63, 3.8) is 0 Å². The van der Waals surface area contributed by atoms with Crippen LogP contribution in [-0.4, -0.2) is 0 Å². The molecule has 0 spiro atoms. The Kier molecular flexibility index (Phi) is 9.90. The number of anilines is 6. The Labute approximate surface area is 301 Å². The second-order valence-electron chi connectivity index (χ2n) is 17.5. The Bertz CT molecular complexity index is 1600. The highest BCUT2D eigenvalue weighted by Crippen LogP contribution is 2.43. The molecule has 0 fully saturated rings. The number of hydrogen-bond acceptors (Lipinski definition) is 2. The van der Waals surface area contributed by atoms with Gasteiger partial charge in [0.2, 0.25) is 0 Å². The van der Waals surface area contributed by atoms with Crippen LogP contribution >= 0.6 is 11.6 Å². The van der Waals surface area contributed by atoms with E-state index < -0.39 is 0 Å². The van der Waals surface area contributed by atoms with Crippen molar-refractivity contribution in [3.8, 4) is 0 Å². The third-order valence-corrected chi connectivity index (χ3v) is 9.57. The van der Waals surface area contributed by atoms with Crippen LogP contribution in [0.1, 0.15) is 105 Å². The van der Waals surface area contributed by atoms with E-state index >= 15 is 0 Å². The van der Waals surface area contributed by atoms with Crippen LogP contribution < -0.4 is 9.80 Å². The molecular formula is C46H55ClN2. The Balaban J connectivity index is 1.70. The summed E-state index contributed by atoms with van der Waals surface area (Å²) < 4.78 is 0. The van der Waals surface area contributed by atoms with Crippen LogP contribution in [0.25, 0.3) is 0 Å². The summed E-state index contributed by atoms with van der Waals surface area (Å²) in [4.78, 5) is 4.63. The summed E-state index contributed by atoms with van der Waals surface area (Å²) >= 11 is 7.07. The zero-order valence-electron chi connectivity index (χ0n) is 31.7. The van der Waals surface area contributed by atoms with Gasteiger partial charge in [-0.25, -0.2) is 0 Å². The van der Waals surface area contributed by atoms with Crippen LogP contribution in [0, 0.1) is 0 Å². The molecule has 0 atom stereocenters. The molecule has 0 aliphatic rings. The maximum atomic E-state index is 7.07. The Morgan fingerprint density at radius 3 is 0.694 bits per heavy atom. The first kappa shape index (κ1) is 36.3. The summed E-state index contributed by atoms with van der Waals surface area (Å²) in [7, 11) is 0. The number of benzene rings is 5. The molecule has 256 valence electrons. The lowest BCUT2D eigenvalue weighted by Gasteiger charge is -2.31. The minimum atomic E-state index is 0.0620. The van der Waals surface area contributed by atoms with Gasteiger partial charge in [-0.05, 0) is 111 Å². The van der Waals surface area contributed by atoms with Crippen molar-refractivity contribution in [2.45, 2.75) is 105 Å². The van der Waals surface area contributed by atoms with E-state index in [4.69, 9.17) is 11.6 Å². The fraction of sp³-hybridized carbons (Fsp3) is 0.348. The lowest BCUT2D eigenvalue weighted by molar-refractivity contribution is 0.590. The van der Waals surface area contributed by atoms with Gasteiger partial charge in [0, 0.05) is 39.1 Å². The highest BCUT2D eigenvalue weighted by atomic mass is 35.5. The molecule has 0 saturated heterocycles. The monoisotopic (exact) mass is 670 g/mol. The van der Waals surface area contributed by atoms with E-state index in [1.807, 2.05) is 0 Å². The number of hydrogen-bond donors (Lipinski definition) is 0. The van der Waals surface area contributed by atoms with Crippen LogP contribution in [-0.2, 0) is 21.7 Å². The normalized spacial score (nSPS) is 12.6. The minimum Gasteiger partial charge on any atom is -0.310 e. The van der Waals surface area contributed by atoms with Crippen LogP contribution in [0.4, 0.5) is 34.1 Å². The van der Waals surface area contributed by atoms with Crippen LogP contribution in [0.5, 0.6) is 0 Å². The first-order valence-electron chi connectivity index (χ1n) is 17.5. The zero-order valence-corrected chi connectivity index (χ0v) is 32.5. The molecule has 0 saturated carbocycles. The average Bonchev–Trinajstić information content (AvgIpc) is 3.00. The van der Waals surface area contributed by atoms with Gasteiger partial charge >= 0.3 is 0 Å². The van der Waals surface area contributed by atoms with Crippen molar-refractivity contribution in [1.82, 2.24) is 0 Å². The van der Waals surface area contributed by atoms with E-state index in [0.717, 1.165) is 34.1 Å². The molecule has 0 N–H and O–H groups in total. The van der Waals surface area contributed by atoms with Gasteiger partial charge in [-0.3, -0.25) is 0 Å². The smallest absolute Gasteiger partial charge is 0.0497 e. The lowest BCUT2D eigenvalue weighted by Crippen LogP contribution is -2.16. The predicted molar refractivity (Wildman–Crippen MR) is 216 cm³/mol. The molecule has 5 aromatic carbocycles. The molecule has 0 amide bonds. The van der Waals surface area contributed by atoms with E-state index in [1.54, 1.807) is 0 Å². The van der Waals surface area contributed by atoms with Crippen molar-refractivity contribution in [1.29, 1.82) is 0 Å². The van der Waals surface area contributed by atoms with Gasteiger partial charge in [0.25, 0.3) is 0 Å². The minimum absolute atomic E-state index is 0.0620. The van der Waals surface area contributed by atoms with E-state index in [-0.39, 0.29) is 21.7 Å². The summed E-state index contributed by atoms with van der Waals surface area (Å²) in [6, 6.07) is 42.2. The van der Waals surface area contributed by atoms with Gasteiger partial charge in [0.15, 0.2) is 0 Å². The van der Waals surface area contributed by atoms with E-state index in [2.05, 4.69) is 208 Å². The standard InChI is InChI=1S/C46H55ClN2/c1-43(2,3)32-13-21-37(22-14-32)48(38-23-15-33(16-24-38)44(4,5)6)41-29-36(47)30-42(31-41)49(39-25-17-34(18-26-39)45(7,8)9)40-27-19-35(20-28-40)46(10,11)12/h13-31H,1-12H3. The van der Waals surface area contributed by atoms with Crippen LogP contribution in [0.3, 0.4) is 0 Å². The largest absolute Gasteiger partial charge is 0.310 e. The topological polar surface area (TPSA) is 6.48 Å². The Morgan fingerprint density at radius 2 is 0.510 bits per heavy atom. The van der Waals surface area contributed by atoms with E-state index in [9.17, 15) is 0 Å². The molecule has 2 nitrogen and oxygen atoms in total. The first-order valence-corrected chi connectivity index (χ1v) is 17.9. The molecule has 0 aliphatic heterocycles. The van der Waals surface area contributed by atoms with E-state index in [0.29, 0.717) is 5.02 Å². The van der Waals surface area contributed by atoms with Gasteiger partial charge in [-0.2, -0.15) is 0 Å². The molecule has 49 heavy (non-hydrogen) atoms. The predicted octanol–water partition coefficient (Wildman–Crippen LogP) is 14.5. The molecule has 5 rings (SSSR count). The van der Waals surface area contributed by atoms with Crippen molar-refractivity contribution in [2.75, 3.05) is 9.80 Å². The molecular weight excluding hydrogens is 616 g/mol. The number of nitrogens with zero attached hydrogens (tertiary/aromatic N) is 2. The van der Waals surface area contributed by atoms with Crippen molar-refractivity contribution >= 4 is 45.7 Å². The molecule has 0 aromatic heterocycles. The maximum absolute atomic E-state index is 7.07. The van der Waals surface area contributed by atoms with Gasteiger partial charge in [0.05, 0.1) is 0 Å². The van der Waals surface area contributed by atoms with Gasteiger partial charge in [0.1, 0.15) is 0 Å². The highest BCUT2D eigenvalue weighted by molar-refractivity contribution is 6.31.